The van der Waals surface area contributed by atoms with Gasteiger partial charge in [0.2, 0.25) is 5.78 Å². The molecule has 1 aromatic rings. The molecule has 1 saturated carbocycles. The zero-order valence-electron chi connectivity index (χ0n) is 30.4. The lowest BCUT2D eigenvalue weighted by Gasteiger charge is -2.58. The Kier molecular flexibility index (Phi) is 15.3. The molecule has 1 heterocycles. The van der Waals surface area contributed by atoms with Gasteiger partial charge in [0.05, 0.1) is 25.7 Å². The van der Waals surface area contributed by atoms with Crippen molar-refractivity contribution >= 4 is 23.6 Å². The fraction of sp³-hybridized carbons (Fsp3) is 0.537. The van der Waals surface area contributed by atoms with Gasteiger partial charge in [0.1, 0.15) is 5.76 Å². The number of esters is 1. The van der Waals surface area contributed by atoms with Crippen LogP contribution >= 0.6 is 0 Å². The molecule has 1 saturated heterocycles. The molecule has 4 bridgehead atoms. The Bertz CT molecular complexity index is 1500. The highest BCUT2D eigenvalue weighted by molar-refractivity contribution is 6.00. The number of ketones is 2. The number of aromatic hydroxyl groups is 1. The predicted molar refractivity (Wildman–Crippen MR) is 194 cm³/mol. The molecular weight excluding hydrogens is 652 g/mol. The molecule has 0 aromatic heterocycles. The number of ether oxygens (including phenoxy) is 3. The highest BCUT2D eigenvalue weighted by Crippen LogP contribution is 2.58. The minimum absolute atomic E-state index is 0.000191. The number of hydrogen-bond donors (Lipinski definition) is 2. The fourth-order valence-electron chi connectivity index (χ4n) is 7.42. The molecule has 278 valence electrons. The molecule has 5 rings (SSSR count). The van der Waals surface area contributed by atoms with Gasteiger partial charge in [-0.25, -0.2) is 4.89 Å². The van der Waals surface area contributed by atoms with Crippen LogP contribution in [-0.2, 0) is 33.6 Å². The van der Waals surface area contributed by atoms with Crippen molar-refractivity contribution in [1.29, 1.82) is 0 Å². The Balaban J connectivity index is 1.47. The maximum atomic E-state index is 13.9. The number of aliphatic hydroxyl groups is 1. The highest BCUT2D eigenvalue weighted by Gasteiger charge is 2.68. The second-order valence-electron chi connectivity index (χ2n) is 13.4. The molecule has 6 atom stereocenters. The number of benzene rings is 1. The minimum atomic E-state index is -1.60. The fourth-order valence-corrected chi connectivity index (χ4v) is 7.42. The van der Waals surface area contributed by atoms with Gasteiger partial charge >= 0.3 is 5.97 Å². The number of carbonyl (C=O) groups excluding carboxylic acids is 3. The van der Waals surface area contributed by atoms with Crippen LogP contribution in [0.15, 0.2) is 72.1 Å². The molecule has 2 fully saturated rings. The highest BCUT2D eigenvalue weighted by atomic mass is 17.2. The van der Waals surface area contributed by atoms with E-state index in [-0.39, 0.29) is 41.2 Å². The molecule has 51 heavy (non-hydrogen) atoms. The third kappa shape index (κ3) is 10.1. The van der Waals surface area contributed by atoms with E-state index in [4.69, 9.17) is 24.0 Å². The summed E-state index contributed by atoms with van der Waals surface area (Å²) in [5, 5.41) is 20.2. The molecule has 10 nitrogen and oxygen atoms in total. The first-order valence-corrected chi connectivity index (χ1v) is 18.3. The second-order valence-corrected chi connectivity index (χ2v) is 13.4. The van der Waals surface area contributed by atoms with Gasteiger partial charge in [-0.05, 0) is 73.9 Å². The van der Waals surface area contributed by atoms with Gasteiger partial charge in [-0.15, -0.1) is 0 Å². The summed E-state index contributed by atoms with van der Waals surface area (Å²) in [6, 6.07) is 4.74. The molecule has 3 aliphatic carbocycles. The van der Waals surface area contributed by atoms with Crippen molar-refractivity contribution in [3.05, 3.63) is 77.6 Å². The molecule has 4 aliphatic rings. The Morgan fingerprint density at radius 1 is 1.00 bits per heavy atom. The van der Waals surface area contributed by atoms with Gasteiger partial charge in [0, 0.05) is 31.4 Å². The zero-order valence-corrected chi connectivity index (χ0v) is 30.4. The van der Waals surface area contributed by atoms with Crippen LogP contribution in [0.25, 0.3) is 6.08 Å². The monoisotopic (exact) mass is 706 g/mol. The van der Waals surface area contributed by atoms with E-state index in [1.165, 1.54) is 32.4 Å². The summed E-state index contributed by atoms with van der Waals surface area (Å²) in [7, 11) is 2.90. The van der Waals surface area contributed by atoms with E-state index in [9.17, 15) is 24.6 Å². The van der Waals surface area contributed by atoms with Crippen LogP contribution in [0.1, 0.15) is 90.0 Å². The van der Waals surface area contributed by atoms with Gasteiger partial charge in [0.15, 0.2) is 17.3 Å². The van der Waals surface area contributed by atoms with E-state index in [1.807, 2.05) is 13.0 Å². The molecule has 0 spiro atoms. The molecule has 0 amide bonds. The van der Waals surface area contributed by atoms with Gasteiger partial charge in [0.25, 0.3) is 5.79 Å². The van der Waals surface area contributed by atoms with Crippen molar-refractivity contribution in [3.8, 4) is 11.5 Å². The number of phenols is 1. The van der Waals surface area contributed by atoms with Gasteiger partial charge in [-0.2, -0.15) is 4.89 Å². The third-order valence-corrected chi connectivity index (χ3v) is 9.95. The van der Waals surface area contributed by atoms with Crippen LogP contribution in [-0.4, -0.2) is 60.5 Å². The molecular formula is C41H54O10. The van der Waals surface area contributed by atoms with E-state index >= 15 is 0 Å². The Morgan fingerprint density at radius 3 is 2.53 bits per heavy atom. The second kappa shape index (κ2) is 19.6. The molecule has 1 aliphatic heterocycles. The topological polar surface area (TPSA) is 138 Å². The lowest BCUT2D eigenvalue weighted by Crippen LogP contribution is -2.69. The first kappa shape index (κ1) is 39.8. The molecule has 6 unspecified atom stereocenters. The van der Waals surface area contributed by atoms with Crippen LogP contribution in [0.3, 0.4) is 0 Å². The third-order valence-electron chi connectivity index (χ3n) is 9.95. The number of phenolic OH excluding ortho intramolecular Hbond substituents is 1. The molecule has 1 aromatic carbocycles. The van der Waals surface area contributed by atoms with Crippen LogP contribution < -0.4 is 4.74 Å². The average Bonchev–Trinajstić information content (AvgIpc) is 3.12. The summed E-state index contributed by atoms with van der Waals surface area (Å²) < 4.78 is 16.0. The molecule has 0 radical (unpaired) electrons. The van der Waals surface area contributed by atoms with E-state index in [0.29, 0.717) is 24.3 Å². The van der Waals surface area contributed by atoms with Crippen molar-refractivity contribution < 1.29 is 48.6 Å². The Labute approximate surface area is 301 Å². The Hall–Kier alpha value is -3.99. The maximum Gasteiger partial charge on any atom is 0.305 e. The zero-order chi connectivity index (χ0) is 36.8. The number of hydrogen-bond acceptors (Lipinski definition) is 10. The first-order chi connectivity index (χ1) is 24.7. The number of carbonyl (C=O) groups is 3. The summed E-state index contributed by atoms with van der Waals surface area (Å²) in [6.07, 6.45) is 23.4. The van der Waals surface area contributed by atoms with E-state index in [0.717, 1.165) is 75.9 Å². The number of Topliss-reactive ketones (excluding diaryl/α,β-unsaturated/α-hetero) is 1. The number of allylic oxidation sites excluding steroid dienone is 7. The molecule has 2 N–H and O–H groups in total. The smallest absolute Gasteiger partial charge is 0.305 e. The quantitative estimate of drug-likeness (QED) is 0.0246. The van der Waals surface area contributed by atoms with Crippen molar-refractivity contribution in [2.45, 2.75) is 96.4 Å². The Morgan fingerprint density at radius 2 is 1.78 bits per heavy atom. The van der Waals surface area contributed by atoms with E-state index in [1.54, 1.807) is 24.3 Å². The number of aliphatic hydroxyl groups excluding tert-OH is 1. The number of rotatable bonds is 21. The van der Waals surface area contributed by atoms with E-state index < -0.39 is 23.4 Å². The van der Waals surface area contributed by atoms with Crippen LogP contribution in [0, 0.1) is 23.7 Å². The summed E-state index contributed by atoms with van der Waals surface area (Å²) in [5.74, 6) is -3.51. The normalized spacial score (nSPS) is 26.0. The number of methoxy groups -OCH3 is 2. The summed E-state index contributed by atoms with van der Waals surface area (Å²) >= 11 is 0. The van der Waals surface area contributed by atoms with Gasteiger partial charge in [-0.3, -0.25) is 14.4 Å². The predicted octanol–water partition coefficient (Wildman–Crippen LogP) is 8.07. The first-order valence-electron chi connectivity index (χ1n) is 18.3. The maximum absolute atomic E-state index is 13.9. The summed E-state index contributed by atoms with van der Waals surface area (Å²) in [6.45, 7) is 4.38. The summed E-state index contributed by atoms with van der Waals surface area (Å²) in [4.78, 5) is 50.2. The number of unbranched alkanes of at least 4 members (excludes halogenated alkanes) is 7. The van der Waals surface area contributed by atoms with Crippen LogP contribution in [0.5, 0.6) is 11.5 Å². The lowest BCUT2D eigenvalue weighted by molar-refractivity contribution is -0.481. The largest absolute Gasteiger partial charge is 0.508 e. The van der Waals surface area contributed by atoms with Gasteiger partial charge in [-0.1, -0.05) is 81.9 Å². The SMILES string of the molecule is CCCCCC1OOC2(OC)C(=O)C3C=C(/C=C/C(=O)/C=C(O)/C=C/c4ccc(O)c(OC)c4)C2C1C3/C=C\CCCCCCCC(=O)OCC. The van der Waals surface area contributed by atoms with E-state index in [2.05, 4.69) is 19.1 Å². The average molecular weight is 707 g/mol. The van der Waals surface area contributed by atoms with Crippen molar-refractivity contribution in [3.63, 3.8) is 0 Å². The van der Waals surface area contributed by atoms with Crippen molar-refractivity contribution in [2.24, 2.45) is 23.7 Å². The standard InChI is InChI=1S/C41H54O10/c1-5-7-13-17-35-38-32(16-14-11-9-8-10-12-15-18-37(45)49-6-2)33-26-29(39(38)41(48-4,40(33)46)51-50-35)21-23-31(43)27-30(42)22-19-28-20-24-34(44)36(25-28)47-3/h14,16,19-27,32-33,35,38-39,42,44H,5-13,15,17-18H2,1-4H3/b16-14-,22-19+,23-21+,30-27-. The van der Waals surface area contributed by atoms with Crippen molar-refractivity contribution in [2.75, 3.05) is 20.8 Å². The van der Waals surface area contributed by atoms with Crippen LogP contribution in [0.4, 0.5) is 0 Å². The summed E-state index contributed by atoms with van der Waals surface area (Å²) in [5.41, 5.74) is 1.44. The van der Waals surface area contributed by atoms with Gasteiger partial charge < -0.3 is 24.4 Å². The van der Waals surface area contributed by atoms with Crippen LogP contribution in [0.2, 0.25) is 0 Å². The minimum Gasteiger partial charge on any atom is -0.508 e. The lowest BCUT2D eigenvalue weighted by atomic mass is 9.53. The molecule has 10 heteroatoms. The van der Waals surface area contributed by atoms with Crippen molar-refractivity contribution in [1.82, 2.24) is 0 Å².